The molecule has 0 aromatic heterocycles. The molecule has 2 rings (SSSR count). The van der Waals surface area contributed by atoms with Crippen molar-refractivity contribution in [3.63, 3.8) is 0 Å². The Morgan fingerprint density at radius 1 is 1.28 bits per heavy atom. The third-order valence-electron chi connectivity index (χ3n) is 4.91. The molecular weight excluding hydrogens is 409 g/mol. The Balaban J connectivity index is 1.84. The van der Waals surface area contributed by atoms with Crippen LogP contribution in [0.25, 0.3) is 0 Å². The van der Waals surface area contributed by atoms with Crippen LogP contribution in [-0.4, -0.2) is 69.9 Å². The number of rotatable bonds is 6. The molecule has 0 amide bonds. The maximum atomic E-state index is 12.7. The SMILES string of the molecule is CN=C(NCC1CCN(S(=O)(=O)C(F)(F)F)CC1)N(C)Cc1ccc(OC)cc1. The average Bonchev–Trinajstić information content (AvgIpc) is 2.68. The van der Waals surface area contributed by atoms with Gasteiger partial charge in [-0.05, 0) is 36.5 Å². The van der Waals surface area contributed by atoms with Gasteiger partial charge in [0.05, 0.1) is 7.11 Å². The van der Waals surface area contributed by atoms with E-state index in [0.29, 0.717) is 36.2 Å². The molecule has 1 aliphatic rings. The smallest absolute Gasteiger partial charge is 0.497 e. The number of ether oxygens (including phenoxy) is 1. The summed E-state index contributed by atoms with van der Waals surface area (Å²) in [7, 11) is -0.0878. The zero-order valence-corrected chi connectivity index (χ0v) is 17.6. The molecule has 7 nitrogen and oxygen atoms in total. The number of hydrogen-bond acceptors (Lipinski definition) is 4. The second-order valence-corrected chi connectivity index (χ2v) is 8.85. The van der Waals surface area contributed by atoms with E-state index in [9.17, 15) is 21.6 Å². The highest BCUT2D eigenvalue weighted by Crippen LogP contribution is 2.30. The quantitative estimate of drug-likeness (QED) is 0.547. The molecule has 1 saturated heterocycles. The lowest BCUT2D eigenvalue weighted by Crippen LogP contribution is -2.47. The summed E-state index contributed by atoms with van der Waals surface area (Å²) in [4.78, 5) is 6.18. The third-order valence-corrected chi connectivity index (χ3v) is 6.54. The van der Waals surface area contributed by atoms with E-state index in [1.54, 1.807) is 14.2 Å². The number of methoxy groups -OCH3 is 1. The van der Waals surface area contributed by atoms with Crippen LogP contribution in [0.5, 0.6) is 5.75 Å². The molecule has 1 aromatic rings. The van der Waals surface area contributed by atoms with Gasteiger partial charge < -0.3 is 15.0 Å². The van der Waals surface area contributed by atoms with E-state index in [4.69, 9.17) is 4.74 Å². The molecule has 0 bridgehead atoms. The van der Waals surface area contributed by atoms with Gasteiger partial charge in [0.1, 0.15) is 5.75 Å². The van der Waals surface area contributed by atoms with Gasteiger partial charge in [-0.3, -0.25) is 4.99 Å². The molecule has 0 atom stereocenters. The monoisotopic (exact) mass is 436 g/mol. The number of sulfonamides is 1. The molecule has 29 heavy (non-hydrogen) atoms. The lowest BCUT2D eigenvalue weighted by molar-refractivity contribution is -0.0496. The number of benzene rings is 1. The lowest BCUT2D eigenvalue weighted by atomic mass is 9.98. The molecule has 11 heteroatoms. The summed E-state index contributed by atoms with van der Waals surface area (Å²) < 4.78 is 66.6. The predicted molar refractivity (Wildman–Crippen MR) is 105 cm³/mol. The zero-order valence-electron chi connectivity index (χ0n) is 16.7. The van der Waals surface area contributed by atoms with Crippen molar-refractivity contribution < 1.29 is 26.3 Å². The molecule has 164 valence electrons. The number of aliphatic imine (C=N–C) groups is 1. The maximum Gasteiger partial charge on any atom is 0.511 e. The van der Waals surface area contributed by atoms with Crippen LogP contribution in [0.1, 0.15) is 18.4 Å². The minimum atomic E-state index is -5.25. The summed E-state index contributed by atoms with van der Waals surface area (Å²) in [6, 6.07) is 7.67. The van der Waals surface area contributed by atoms with E-state index in [1.165, 1.54) is 0 Å². The molecule has 0 saturated carbocycles. The van der Waals surface area contributed by atoms with Crippen LogP contribution in [0.2, 0.25) is 0 Å². The van der Waals surface area contributed by atoms with Crippen molar-refractivity contribution in [1.29, 1.82) is 0 Å². The topological polar surface area (TPSA) is 74.2 Å². The first-order chi connectivity index (χ1) is 13.6. The highest BCUT2D eigenvalue weighted by Gasteiger charge is 2.50. The average molecular weight is 437 g/mol. The molecule has 1 fully saturated rings. The summed E-state index contributed by atoms with van der Waals surface area (Å²) >= 11 is 0. The van der Waals surface area contributed by atoms with Crippen LogP contribution in [-0.2, 0) is 16.6 Å². The van der Waals surface area contributed by atoms with Gasteiger partial charge in [0.15, 0.2) is 5.96 Å². The molecule has 1 heterocycles. The summed E-state index contributed by atoms with van der Waals surface area (Å²) in [6.07, 6.45) is 0.725. The normalized spacial score (nSPS) is 17.2. The summed E-state index contributed by atoms with van der Waals surface area (Å²) in [5, 5.41) is 3.23. The van der Waals surface area contributed by atoms with Crippen LogP contribution in [0.3, 0.4) is 0 Å². The van der Waals surface area contributed by atoms with Gasteiger partial charge in [0.2, 0.25) is 0 Å². The predicted octanol–water partition coefficient (Wildman–Crippen LogP) is 2.26. The van der Waals surface area contributed by atoms with Crippen molar-refractivity contribution >= 4 is 16.0 Å². The summed E-state index contributed by atoms with van der Waals surface area (Å²) in [5.41, 5.74) is -4.17. The number of nitrogens with one attached hydrogen (secondary N) is 1. The Kier molecular flexibility index (Phi) is 7.75. The number of guanidine groups is 1. The zero-order chi connectivity index (χ0) is 21.7. The summed E-state index contributed by atoms with van der Waals surface area (Å²) in [5.74, 6) is 1.50. The van der Waals surface area contributed by atoms with Gasteiger partial charge in [-0.25, -0.2) is 8.42 Å². The lowest BCUT2D eigenvalue weighted by Gasteiger charge is -2.32. The van der Waals surface area contributed by atoms with Gasteiger partial charge in [0, 0.05) is 40.3 Å². The van der Waals surface area contributed by atoms with Crippen molar-refractivity contribution in [1.82, 2.24) is 14.5 Å². The second-order valence-electron chi connectivity index (χ2n) is 6.93. The Labute approximate surface area is 169 Å². The first kappa shape index (κ1) is 23.3. The van der Waals surface area contributed by atoms with Gasteiger partial charge in [0.25, 0.3) is 0 Å². The van der Waals surface area contributed by atoms with Crippen LogP contribution < -0.4 is 10.1 Å². The summed E-state index contributed by atoms with van der Waals surface area (Å²) in [6.45, 7) is 0.869. The van der Waals surface area contributed by atoms with E-state index in [2.05, 4.69) is 10.3 Å². The largest absolute Gasteiger partial charge is 0.511 e. The standard InChI is InChI=1S/C18H27F3N4O3S/c1-22-17(24(2)13-15-4-6-16(28-3)7-5-15)23-12-14-8-10-25(11-9-14)29(26,27)18(19,20)21/h4-7,14H,8-13H2,1-3H3,(H,22,23). The van der Waals surface area contributed by atoms with Gasteiger partial charge >= 0.3 is 15.5 Å². The van der Waals surface area contributed by atoms with Crippen LogP contribution in [0, 0.1) is 5.92 Å². The number of nitrogens with zero attached hydrogens (tertiary/aromatic N) is 3. The van der Waals surface area contributed by atoms with E-state index >= 15 is 0 Å². The molecule has 1 aromatic carbocycles. The maximum absolute atomic E-state index is 12.7. The number of alkyl halides is 3. The molecule has 0 unspecified atom stereocenters. The van der Waals surface area contributed by atoms with Crippen molar-refractivity contribution in [2.24, 2.45) is 10.9 Å². The molecule has 1 N–H and O–H groups in total. The molecule has 0 radical (unpaired) electrons. The minimum Gasteiger partial charge on any atom is -0.497 e. The van der Waals surface area contributed by atoms with E-state index in [0.717, 1.165) is 11.3 Å². The highest BCUT2D eigenvalue weighted by atomic mass is 32.2. The van der Waals surface area contributed by atoms with Crippen molar-refractivity contribution in [2.75, 3.05) is 40.8 Å². The van der Waals surface area contributed by atoms with Crippen LogP contribution >= 0.6 is 0 Å². The number of hydrogen-bond donors (Lipinski definition) is 1. The van der Waals surface area contributed by atoms with E-state index in [-0.39, 0.29) is 19.0 Å². The fourth-order valence-corrected chi connectivity index (χ4v) is 4.18. The Morgan fingerprint density at radius 2 is 1.86 bits per heavy atom. The molecule has 1 aliphatic heterocycles. The second kappa shape index (κ2) is 9.66. The van der Waals surface area contributed by atoms with Crippen molar-refractivity contribution in [2.45, 2.75) is 24.9 Å². The van der Waals surface area contributed by atoms with Crippen LogP contribution in [0.4, 0.5) is 13.2 Å². The van der Waals surface area contributed by atoms with Gasteiger partial charge in [-0.15, -0.1) is 0 Å². The Bertz CT molecular complexity index is 790. The highest BCUT2D eigenvalue weighted by molar-refractivity contribution is 7.90. The van der Waals surface area contributed by atoms with E-state index in [1.807, 2.05) is 36.2 Å². The van der Waals surface area contributed by atoms with E-state index < -0.39 is 15.5 Å². The Morgan fingerprint density at radius 3 is 2.34 bits per heavy atom. The fourth-order valence-electron chi connectivity index (χ4n) is 3.20. The number of halogens is 3. The van der Waals surface area contributed by atoms with Gasteiger partial charge in [-0.1, -0.05) is 12.1 Å². The Hall–Kier alpha value is -2.01. The van der Waals surface area contributed by atoms with Gasteiger partial charge in [-0.2, -0.15) is 17.5 Å². The third kappa shape index (κ3) is 5.99. The molecule has 0 spiro atoms. The van der Waals surface area contributed by atoms with Crippen molar-refractivity contribution in [3.8, 4) is 5.75 Å². The first-order valence-electron chi connectivity index (χ1n) is 9.19. The molecular formula is C18H27F3N4O3S. The van der Waals surface area contributed by atoms with Crippen LogP contribution in [0.15, 0.2) is 29.3 Å². The first-order valence-corrected chi connectivity index (χ1v) is 10.6. The fraction of sp³-hybridized carbons (Fsp3) is 0.611. The molecule has 0 aliphatic carbocycles. The van der Waals surface area contributed by atoms with Crippen molar-refractivity contribution in [3.05, 3.63) is 29.8 Å². The minimum absolute atomic E-state index is 0.0702. The number of piperidine rings is 1.